The quantitative estimate of drug-likeness (QED) is 0.479. The van der Waals surface area contributed by atoms with Gasteiger partial charge in [-0.25, -0.2) is 0 Å². The summed E-state index contributed by atoms with van der Waals surface area (Å²) in [5.74, 6) is -0.296. The van der Waals surface area contributed by atoms with Crippen molar-refractivity contribution in [3.63, 3.8) is 0 Å². The molecular formula is C8H15O3. The number of hydrogen-bond donors (Lipinski definition) is 1. The fourth-order valence-electron chi connectivity index (χ4n) is 0.717. The molecule has 0 fully saturated rings. The predicted octanol–water partition coefficient (Wildman–Crippen LogP) is 0.915. The summed E-state index contributed by atoms with van der Waals surface area (Å²) < 4.78 is 4.40. The minimum Gasteiger partial charge on any atom is -0.469 e. The minimum atomic E-state index is -0.296. The average molecular weight is 159 g/mol. The molecule has 11 heavy (non-hydrogen) atoms. The number of esters is 1. The Bertz CT molecular complexity index is 110. The molecule has 0 aromatic carbocycles. The van der Waals surface area contributed by atoms with Crippen LogP contribution in [0.5, 0.6) is 0 Å². The molecule has 3 nitrogen and oxygen atoms in total. The molecule has 0 heterocycles. The molecule has 1 radical (unpaired) electrons. The van der Waals surface area contributed by atoms with E-state index in [4.69, 9.17) is 5.11 Å². The van der Waals surface area contributed by atoms with Crippen LogP contribution in [0.2, 0.25) is 0 Å². The van der Waals surface area contributed by atoms with Crippen molar-refractivity contribution in [3.05, 3.63) is 6.42 Å². The maximum absolute atomic E-state index is 10.5. The van der Waals surface area contributed by atoms with Crippen LogP contribution in [0.15, 0.2) is 0 Å². The Morgan fingerprint density at radius 1 is 1.73 bits per heavy atom. The van der Waals surface area contributed by atoms with E-state index in [0.717, 1.165) is 12.8 Å². The third-order valence-electron chi connectivity index (χ3n) is 1.34. The lowest BCUT2D eigenvalue weighted by Gasteiger charge is -2.01. The fraction of sp³-hybridized carbons (Fsp3) is 0.750. The van der Waals surface area contributed by atoms with E-state index in [2.05, 4.69) is 4.74 Å². The van der Waals surface area contributed by atoms with Gasteiger partial charge in [0, 0.05) is 0 Å². The maximum Gasteiger partial charge on any atom is 0.309 e. The highest BCUT2D eigenvalue weighted by atomic mass is 16.5. The largest absolute Gasteiger partial charge is 0.469 e. The zero-order valence-corrected chi connectivity index (χ0v) is 7.04. The van der Waals surface area contributed by atoms with Crippen molar-refractivity contribution >= 4 is 5.97 Å². The fourth-order valence-corrected chi connectivity index (χ4v) is 0.717. The monoisotopic (exact) mass is 159 g/mol. The molecule has 0 aliphatic carbocycles. The Kier molecular flexibility index (Phi) is 5.84. The van der Waals surface area contributed by atoms with E-state index >= 15 is 0 Å². The molecule has 65 valence electrons. The molecule has 0 aliphatic rings. The van der Waals surface area contributed by atoms with Crippen molar-refractivity contribution in [1.82, 2.24) is 0 Å². The normalized spacial score (nSPS) is 12.6. The lowest BCUT2D eigenvalue weighted by Crippen LogP contribution is -2.03. The Labute approximate surface area is 67.4 Å². The summed E-state index contributed by atoms with van der Waals surface area (Å²) in [6, 6.07) is 0. The van der Waals surface area contributed by atoms with Crippen molar-refractivity contribution < 1.29 is 14.6 Å². The van der Waals surface area contributed by atoms with Gasteiger partial charge in [0.25, 0.3) is 0 Å². The average Bonchev–Trinajstić information content (AvgIpc) is 1.97. The molecule has 0 rings (SSSR count). The molecular weight excluding hydrogens is 144 g/mol. The highest BCUT2D eigenvalue weighted by Gasteiger charge is 2.01. The number of unbranched alkanes of at least 4 members (excludes halogenated alkanes) is 1. The summed E-state index contributed by atoms with van der Waals surface area (Å²) in [6.07, 6.45) is 3.45. The van der Waals surface area contributed by atoms with Crippen LogP contribution >= 0.6 is 0 Å². The number of hydrogen-bond acceptors (Lipinski definition) is 3. The van der Waals surface area contributed by atoms with Gasteiger partial charge in [0.15, 0.2) is 0 Å². The van der Waals surface area contributed by atoms with Crippen LogP contribution in [0.1, 0.15) is 26.2 Å². The van der Waals surface area contributed by atoms with E-state index in [0.29, 0.717) is 6.42 Å². The van der Waals surface area contributed by atoms with Gasteiger partial charge in [-0.2, -0.15) is 0 Å². The summed E-state index contributed by atoms with van der Waals surface area (Å²) in [5.41, 5.74) is 0. The molecule has 0 saturated carbocycles. The van der Waals surface area contributed by atoms with Crippen LogP contribution in [-0.2, 0) is 9.53 Å². The van der Waals surface area contributed by atoms with Gasteiger partial charge in [0.05, 0.1) is 19.6 Å². The zero-order chi connectivity index (χ0) is 8.69. The molecule has 1 N–H and O–H groups in total. The topological polar surface area (TPSA) is 46.5 Å². The highest BCUT2D eigenvalue weighted by molar-refractivity contribution is 5.78. The van der Waals surface area contributed by atoms with Gasteiger partial charge in [-0.05, 0) is 19.8 Å². The van der Waals surface area contributed by atoms with Crippen LogP contribution < -0.4 is 0 Å². The van der Waals surface area contributed by atoms with Gasteiger partial charge in [-0.3, -0.25) is 4.79 Å². The second-order valence-electron chi connectivity index (χ2n) is 2.51. The minimum absolute atomic E-state index is 0.277. The number of carbonyl (C=O) groups is 1. The van der Waals surface area contributed by atoms with Crippen molar-refractivity contribution in [2.24, 2.45) is 0 Å². The van der Waals surface area contributed by atoms with Crippen molar-refractivity contribution in [2.45, 2.75) is 32.3 Å². The molecule has 0 saturated heterocycles. The molecule has 1 atom stereocenters. The molecule has 0 aliphatic heterocycles. The molecule has 0 bridgehead atoms. The first kappa shape index (κ1) is 10.4. The van der Waals surface area contributed by atoms with Gasteiger partial charge in [-0.15, -0.1) is 0 Å². The zero-order valence-electron chi connectivity index (χ0n) is 7.04. The summed E-state index contributed by atoms with van der Waals surface area (Å²) >= 11 is 0. The SMILES string of the molecule is COC(=O)[CH]CCCC(C)O. The number of ether oxygens (including phenoxy) is 1. The van der Waals surface area contributed by atoms with Crippen LogP contribution in [0.3, 0.4) is 0 Å². The Balaban J connectivity index is 3.08. The standard InChI is InChI=1S/C8H15O3/c1-7(9)5-3-4-6-8(10)11-2/h6-7,9H,3-5H2,1-2H3. The van der Waals surface area contributed by atoms with E-state index in [1.165, 1.54) is 13.5 Å². The lowest BCUT2D eigenvalue weighted by molar-refractivity contribution is -0.136. The van der Waals surface area contributed by atoms with Crippen LogP contribution in [0.25, 0.3) is 0 Å². The second-order valence-corrected chi connectivity index (χ2v) is 2.51. The smallest absolute Gasteiger partial charge is 0.309 e. The van der Waals surface area contributed by atoms with Crippen molar-refractivity contribution in [3.8, 4) is 0 Å². The van der Waals surface area contributed by atoms with Gasteiger partial charge >= 0.3 is 5.97 Å². The molecule has 3 heteroatoms. The maximum atomic E-state index is 10.5. The Morgan fingerprint density at radius 2 is 2.36 bits per heavy atom. The molecule has 0 spiro atoms. The predicted molar refractivity (Wildman–Crippen MR) is 41.8 cm³/mol. The number of carbonyl (C=O) groups excluding carboxylic acids is 1. The van der Waals surface area contributed by atoms with Gasteiger partial charge < -0.3 is 9.84 Å². The van der Waals surface area contributed by atoms with E-state index < -0.39 is 0 Å². The number of aliphatic hydroxyl groups excluding tert-OH is 1. The number of rotatable bonds is 5. The summed E-state index contributed by atoms with van der Waals surface area (Å²) in [7, 11) is 1.35. The van der Waals surface area contributed by atoms with Crippen LogP contribution in [0.4, 0.5) is 0 Å². The molecule has 1 unspecified atom stereocenters. The molecule has 0 aromatic heterocycles. The lowest BCUT2D eigenvalue weighted by atomic mass is 10.1. The molecule has 0 amide bonds. The first-order valence-electron chi connectivity index (χ1n) is 3.76. The third-order valence-corrected chi connectivity index (χ3v) is 1.34. The highest BCUT2D eigenvalue weighted by Crippen LogP contribution is 2.02. The Morgan fingerprint density at radius 3 is 2.82 bits per heavy atom. The van der Waals surface area contributed by atoms with E-state index in [9.17, 15) is 4.79 Å². The van der Waals surface area contributed by atoms with Gasteiger partial charge in [0.1, 0.15) is 0 Å². The Hall–Kier alpha value is -0.570. The van der Waals surface area contributed by atoms with E-state index in [-0.39, 0.29) is 12.1 Å². The van der Waals surface area contributed by atoms with Crippen molar-refractivity contribution in [2.75, 3.05) is 7.11 Å². The molecule has 0 aromatic rings. The van der Waals surface area contributed by atoms with Crippen molar-refractivity contribution in [1.29, 1.82) is 0 Å². The first-order valence-corrected chi connectivity index (χ1v) is 3.76. The van der Waals surface area contributed by atoms with Crippen LogP contribution in [0, 0.1) is 6.42 Å². The van der Waals surface area contributed by atoms with E-state index in [1.807, 2.05) is 0 Å². The van der Waals surface area contributed by atoms with E-state index in [1.54, 1.807) is 6.92 Å². The number of methoxy groups -OCH3 is 1. The first-order chi connectivity index (χ1) is 5.16. The third kappa shape index (κ3) is 7.33. The van der Waals surface area contributed by atoms with Crippen LogP contribution in [-0.4, -0.2) is 24.3 Å². The summed E-state index contributed by atoms with van der Waals surface area (Å²) in [5, 5.41) is 8.84. The second kappa shape index (κ2) is 6.16. The number of aliphatic hydroxyl groups is 1. The summed E-state index contributed by atoms with van der Waals surface area (Å²) in [6.45, 7) is 1.73. The summed E-state index contributed by atoms with van der Waals surface area (Å²) in [4.78, 5) is 10.5. The van der Waals surface area contributed by atoms with Gasteiger partial charge in [0.2, 0.25) is 0 Å². The van der Waals surface area contributed by atoms with Gasteiger partial charge in [-0.1, -0.05) is 6.42 Å².